The zero-order valence-corrected chi connectivity index (χ0v) is 7.18. The zero-order valence-electron chi connectivity index (χ0n) is 7.18. The van der Waals surface area contributed by atoms with Crippen molar-refractivity contribution < 1.29 is 4.92 Å². The normalized spacial score (nSPS) is 10.3. The number of pyridine rings is 1. The molecule has 0 aliphatic rings. The number of hydrogen-bond donors (Lipinski definition) is 1. The Morgan fingerprint density at radius 2 is 2.14 bits per heavy atom. The van der Waals surface area contributed by atoms with E-state index in [1.54, 1.807) is 18.2 Å². The maximum Gasteiger partial charge on any atom is 0.280 e. The fourth-order valence-electron chi connectivity index (χ4n) is 1.31. The van der Waals surface area contributed by atoms with Crippen molar-refractivity contribution in [3.05, 3.63) is 40.6 Å². The van der Waals surface area contributed by atoms with Crippen molar-refractivity contribution in [2.75, 3.05) is 5.73 Å². The standard InChI is InChI=1S/C9H7N3O2/c10-6-1-2-8-7(5-6)9(12(13)14)3-4-11-8/h1-5H,10H2. The van der Waals surface area contributed by atoms with Gasteiger partial charge >= 0.3 is 0 Å². The predicted octanol–water partition coefficient (Wildman–Crippen LogP) is 1.73. The molecule has 1 aromatic heterocycles. The van der Waals surface area contributed by atoms with Crippen molar-refractivity contribution in [3.8, 4) is 0 Å². The van der Waals surface area contributed by atoms with Crippen LogP contribution in [0.1, 0.15) is 0 Å². The van der Waals surface area contributed by atoms with Gasteiger partial charge in [0.2, 0.25) is 0 Å². The van der Waals surface area contributed by atoms with Gasteiger partial charge < -0.3 is 5.73 Å². The summed E-state index contributed by atoms with van der Waals surface area (Å²) in [5, 5.41) is 11.1. The summed E-state index contributed by atoms with van der Waals surface area (Å²) in [5.41, 5.74) is 6.64. The van der Waals surface area contributed by atoms with Gasteiger partial charge in [-0.25, -0.2) is 0 Å². The van der Waals surface area contributed by atoms with E-state index in [0.29, 0.717) is 16.6 Å². The van der Waals surface area contributed by atoms with Crippen molar-refractivity contribution in [2.45, 2.75) is 0 Å². The van der Waals surface area contributed by atoms with E-state index >= 15 is 0 Å². The van der Waals surface area contributed by atoms with E-state index in [0.717, 1.165) is 0 Å². The van der Waals surface area contributed by atoms with E-state index in [4.69, 9.17) is 5.73 Å². The number of nitrogens with two attached hydrogens (primary N) is 1. The number of aromatic nitrogens is 1. The molecule has 0 spiro atoms. The molecule has 2 N–H and O–H groups in total. The third-order valence-corrected chi connectivity index (χ3v) is 1.94. The molecule has 0 aliphatic heterocycles. The molecule has 2 rings (SSSR count). The Bertz CT molecular complexity index is 510. The van der Waals surface area contributed by atoms with Crippen LogP contribution in [0.4, 0.5) is 11.4 Å². The van der Waals surface area contributed by atoms with Crippen molar-refractivity contribution in [3.63, 3.8) is 0 Å². The Kier molecular flexibility index (Phi) is 1.78. The highest BCUT2D eigenvalue weighted by Crippen LogP contribution is 2.24. The van der Waals surface area contributed by atoms with Crippen molar-refractivity contribution in [1.29, 1.82) is 0 Å². The van der Waals surface area contributed by atoms with Gasteiger partial charge in [-0.3, -0.25) is 15.1 Å². The van der Waals surface area contributed by atoms with Gasteiger partial charge in [0.05, 0.1) is 15.8 Å². The van der Waals surface area contributed by atoms with Crippen LogP contribution in [-0.2, 0) is 0 Å². The second kappa shape index (κ2) is 2.95. The quantitative estimate of drug-likeness (QED) is 0.420. The van der Waals surface area contributed by atoms with E-state index < -0.39 is 4.92 Å². The van der Waals surface area contributed by atoms with Crippen LogP contribution in [0.2, 0.25) is 0 Å². The van der Waals surface area contributed by atoms with Crippen molar-refractivity contribution in [1.82, 2.24) is 4.98 Å². The van der Waals surface area contributed by atoms with E-state index in [9.17, 15) is 10.1 Å². The van der Waals surface area contributed by atoms with Crippen molar-refractivity contribution >= 4 is 22.3 Å². The monoisotopic (exact) mass is 189 g/mol. The number of nitrogen functional groups attached to an aromatic ring is 1. The summed E-state index contributed by atoms with van der Waals surface area (Å²) in [6.07, 6.45) is 1.41. The maximum atomic E-state index is 10.7. The summed E-state index contributed by atoms with van der Waals surface area (Å²) >= 11 is 0. The summed E-state index contributed by atoms with van der Waals surface area (Å²) < 4.78 is 0. The first kappa shape index (κ1) is 8.43. The average Bonchev–Trinajstić information content (AvgIpc) is 2.16. The molecule has 5 nitrogen and oxygen atoms in total. The molecule has 0 saturated heterocycles. The molecular weight excluding hydrogens is 182 g/mol. The Morgan fingerprint density at radius 1 is 1.36 bits per heavy atom. The lowest BCUT2D eigenvalue weighted by Crippen LogP contribution is -1.92. The molecule has 70 valence electrons. The number of nitro groups is 1. The molecule has 0 saturated carbocycles. The number of nitrogens with zero attached hydrogens (tertiary/aromatic N) is 2. The summed E-state index contributed by atoms with van der Waals surface area (Å²) in [4.78, 5) is 14.2. The molecule has 1 aromatic carbocycles. The largest absolute Gasteiger partial charge is 0.399 e. The zero-order chi connectivity index (χ0) is 10.1. The van der Waals surface area contributed by atoms with Crippen LogP contribution >= 0.6 is 0 Å². The van der Waals surface area contributed by atoms with E-state index in [-0.39, 0.29) is 5.69 Å². The molecule has 0 amide bonds. The minimum Gasteiger partial charge on any atom is -0.399 e. The lowest BCUT2D eigenvalue weighted by Gasteiger charge is -1.99. The Hall–Kier alpha value is -2.17. The van der Waals surface area contributed by atoms with Gasteiger partial charge in [0, 0.05) is 18.0 Å². The second-order valence-electron chi connectivity index (χ2n) is 2.86. The van der Waals surface area contributed by atoms with Gasteiger partial charge in [-0.05, 0) is 18.2 Å². The molecule has 14 heavy (non-hydrogen) atoms. The predicted molar refractivity (Wildman–Crippen MR) is 52.8 cm³/mol. The van der Waals surface area contributed by atoms with Gasteiger partial charge in [0.15, 0.2) is 0 Å². The minimum atomic E-state index is -0.441. The van der Waals surface area contributed by atoms with E-state index in [1.807, 2.05) is 0 Å². The third kappa shape index (κ3) is 1.24. The maximum absolute atomic E-state index is 10.7. The van der Waals surface area contributed by atoms with Gasteiger partial charge in [-0.15, -0.1) is 0 Å². The van der Waals surface area contributed by atoms with Crippen LogP contribution in [0, 0.1) is 10.1 Å². The Labute approximate surface area is 79.3 Å². The summed E-state index contributed by atoms with van der Waals surface area (Å²) in [5.74, 6) is 0. The molecule has 0 radical (unpaired) electrons. The number of benzene rings is 1. The number of rotatable bonds is 1. The van der Waals surface area contributed by atoms with E-state index in [1.165, 1.54) is 12.3 Å². The molecular formula is C9H7N3O2. The molecule has 2 aromatic rings. The lowest BCUT2D eigenvalue weighted by atomic mass is 10.2. The first-order valence-electron chi connectivity index (χ1n) is 3.97. The number of fused-ring (bicyclic) bond motifs is 1. The highest BCUT2D eigenvalue weighted by Gasteiger charge is 2.11. The number of anilines is 1. The first-order chi connectivity index (χ1) is 6.68. The highest BCUT2D eigenvalue weighted by molar-refractivity contribution is 5.89. The Morgan fingerprint density at radius 3 is 2.86 bits per heavy atom. The molecule has 0 atom stereocenters. The molecule has 0 unspecified atom stereocenters. The molecule has 0 bridgehead atoms. The van der Waals surface area contributed by atoms with Crippen LogP contribution in [0.25, 0.3) is 10.9 Å². The molecule has 0 aliphatic carbocycles. The van der Waals surface area contributed by atoms with Gasteiger partial charge in [-0.1, -0.05) is 0 Å². The van der Waals surface area contributed by atoms with Crippen molar-refractivity contribution in [2.24, 2.45) is 0 Å². The minimum absolute atomic E-state index is 0.0299. The third-order valence-electron chi connectivity index (χ3n) is 1.94. The number of hydrogen-bond acceptors (Lipinski definition) is 4. The highest BCUT2D eigenvalue weighted by atomic mass is 16.6. The first-order valence-corrected chi connectivity index (χ1v) is 3.97. The average molecular weight is 189 g/mol. The van der Waals surface area contributed by atoms with E-state index in [2.05, 4.69) is 4.98 Å². The summed E-state index contributed by atoms with van der Waals surface area (Å²) in [7, 11) is 0. The molecule has 5 heteroatoms. The fourth-order valence-corrected chi connectivity index (χ4v) is 1.31. The van der Waals surface area contributed by atoms with Crippen LogP contribution < -0.4 is 5.73 Å². The van der Waals surface area contributed by atoms with Crippen LogP contribution in [-0.4, -0.2) is 9.91 Å². The van der Waals surface area contributed by atoms with Gasteiger partial charge in [-0.2, -0.15) is 0 Å². The summed E-state index contributed by atoms with van der Waals surface area (Å²) in [6.45, 7) is 0. The molecule has 1 heterocycles. The Balaban J connectivity index is 2.84. The smallest absolute Gasteiger partial charge is 0.280 e. The SMILES string of the molecule is Nc1ccc2nccc([N+](=O)[O-])c2c1. The molecule has 0 fully saturated rings. The topological polar surface area (TPSA) is 82.0 Å². The second-order valence-corrected chi connectivity index (χ2v) is 2.86. The van der Waals surface area contributed by atoms with Crippen LogP contribution in [0.3, 0.4) is 0 Å². The van der Waals surface area contributed by atoms with Crippen LogP contribution in [0.5, 0.6) is 0 Å². The lowest BCUT2D eigenvalue weighted by molar-refractivity contribution is -0.383. The van der Waals surface area contributed by atoms with Gasteiger partial charge in [0.1, 0.15) is 0 Å². The van der Waals surface area contributed by atoms with Crippen LogP contribution in [0.15, 0.2) is 30.5 Å². The van der Waals surface area contributed by atoms with Gasteiger partial charge in [0.25, 0.3) is 5.69 Å². The summed E-state index contributed by atoms with van der Waals surface area (Å²) in [6, 6.07) is 6.25. The fraction of sp³-hybridized carbons (Fsp3) is 0.